The first-order valence-corrected chi connectivity index (χ1v) is 7.61. The standard InChI is InChI=1S/C15H30N2/c1-4-14(5-2,6-3)12-17-10-8-15(13-17)7-9-16-11-15/h16H,4-13H2,1-3H3. The minimum absolute atomic E-state index is 0.581. The first kappa shape index (κ1) is 13.4. The molecule has 0 saturated carbocycles. The molecule has 17 heavy (non-hydrogen) atoms. The van der Waals surface area contributed by atoms with E-state index in [1.165, 1.54) is 64.8 Å². The molecule has 0 aliphatic carbocycles. The Bertz CT molecular complexity index is 231. The Hall–Kier alpha value is -0.0800. The highest BCUT2D eigenvalue weighted by Gasteiger charge is 2.41. The zero-order chi connectivity index (χ0) is 12.4. The van der Waals surface area contributed by atoms with Crippen molar-refractivity contribution in [2.24, 2.45) is 10.8 Å². The summed E-state index contributed by atoms with van der Waals surface area (Å²) in [5.41, 5.74) is 1.22. The van der Waals surface area contributed by atoms with Crippen LogP contribution in [0.15, 0.2) is 0 Å². The van der Waals surface area contributed by atoms with Crippen LogP contribution in [-0.4, -0.2) is 37.6 Å². The molecule has 1 spiro atoms. The second kappa shape index (κ2) is 5.27. The van der Waals surface area contributed by atoms with E-state index in [9.17, 15) is 0 Å². The van der Waals surface area contributed by atoms with Crippen molar-refractivity contribution in [1.29, 1.82) is 0 Å². The summed E-state index contributed by atoms with van der Waals surface area (Å²) in [7, 11) is 0. The summed E-state index contributed by atoms with van der Waals surface area (Å²) in [5.74, 6) is 0. The molecule has 1 N–H and O–H groups in total. The van der Waals surface area contributed by atoms with Crippen molar-refractivity contribution in [1.82, 2.24) is 10.2 Å². The second-order valence-electron chi connectivity index (χ2n) is 6.45. The monoisotopic (exact) mass is 238 g/mol. The average Bonchev–Trinajstić information content (AvgIpc) is 2.98. The van der Waals surface area contributed by atoms with Gasteiger partial charge in [-0.05, 0) is 56.0 Å². The summed E-state index contributed by atoms with van der Waals surface area (Å²) in [6.07, 6.45) is 6.83. The smallest absolute Gasteiger partial charge is 0.00513 e. The predicted molar refractivity (Wildman–Crippen MR) is 74.3 cm³/mol. The molecule has 2 saturated heterocycles. The molecular weight excluding hydrogens is 208 g/mol. The summed E-state index contributed by atoms with van der Waals surface area (Å²) < 4.78 is 0. The van der Waals surface area contributed by atoms with Gasteiger partial charge in [-0.15, -0.1) is 0 Å². The van der Waals surface area contributed by atoms with E-state index in [4.69, 9.17) is 0 Å². The van der Waals surface area contributed by atoms with E-state index in [0.717, 1.165) is 0 Å². The lowest BCUT2D eigenvalue weighted by Crippen LogP contribution is -2.37. The highest BCUT2D eigenvalue weighted by molar-refractivity contribution is 4.97. The molecule has 0 amide bonds. The lowest BCUT2D eigenvalue weighted by molar-refractivity contribution is 0.141. The van der Waals surface area contributed by atoms with Crippen LogP contribution in [0.4, 0.5) is 0 Å². The van der Waals surface area contributed by atoms with Crippen molar-refractivity contribution in [3.63, 3.8) is 0 Å². The second-order valence-corrected chi connectivity index (χ2v) is 6.45. The van der Waals surface area contributed by atoms with Gasteiger partial charge in [-0.1, -0.05) is 20.8 Å². The third-order valence-electron chi connectivity index (χ3n) is 5.66. The van der Waals surface area contributed by atoms with E-state index in [0.29, 0.717) is 10.8 Å². The Morgan fingerprint density at radius 3 is 2.35 bits per heavy atom. The minimum atomic E-state index is 0.581. The van der Waals surface area contributed by atoms with Crippen molar-refractivity contribution in [3.8, 4) is 0 Å². The fourth-order valence-corrected chi connectivity index (χ4v) is 3.87. The van der Waals surface area contributed by atoms with E-state index in [1.807, 2.05) is 0 Å². The first-order valence-electron chi connectivity index (χ1n) is 7.61. The highest BCUT2D eigenvalue weighted by atomic mass is 15.2. The molecule has 2 aliphatic heterocycles. The van der Waals surface area contributed by atoms with E-state index < -0.39 is 0 Å². The quantitative estimate of drug-likeness (QED) is 0.792. The number of hydrogen-bond acceptors (Lipinski definition) is 2. The molecule has 2 aliphatic rings. The molecule has 1 atom stereocenters. The van der Waals surface area contributed by atoms with Crippen molar-refractivity contribution in [2.75, 3.05) is 32.7 Å². The summed E-state index contributed by atoms with van der Waals surface area (Å²) in [5, 5.41) is 3.55. The summed E-state index contributed by atoms with van der Waals surface area (Å²) in [6.45, 7) is 13.6. The zero-order valence-electron chi connectivity index (χ0n) is 12.0. The number of nitrogens with zero attached hydrogens (tertiary/aromatic N) is 1. The minimum Gasteiger partial charge on any atom is -0.316 e. The topological polar surface area (TPSA) is 15.3 Å². The van der Waals surface area contributed by atoms with Crippen LogP contribution in [0.5, 0.6) is 0 Å². The number of nitrogens with one attached hydrogen (secondary N) is 1. The number of hydrogen-bond donors (Lipinski definition) is 1. The molecule has 100 valence electrons. The van der Waals surface area contributed by atoms with Crippen molar-refractivity contribution < 1.29 is 0 Å². The molecular formula is C15H30N2. The Balaban J connectivity index is 1.92. The highest BCUT2D eigenvalue weighted by Crippen LogP contribution is 2.39. The Kier molecular flexibility index (Phi) is 4.14. The maximum Gasteiger partial charge on any atom is 0.00513 e. The Labute approximate surface area is 107 Å². The van der Waals surface area contributed by atoms with Crippen molar-refractivity contribution in [2.45, 2.75) is 52.9 Å². The summed E-state index contributed by atoms with van der Waals surface area (Å²) in [6, 6.07) is 0. The van der Waals surface area contributed by atoms with Crippen LogP contribution in [0.1, 0.15) is 52.9 Å². The molecule has 0 radical (unpaired) electrons. The van der Waals surface area contributed by atoms with Crippen LogP contribution in [0, 0.1) is 10.8 Å². The molecule has 0 aromatic carbocycles. The fourth-order valence-electron chi connectivity index (χ4n) is 3.87. The maximum atomic E-state index is 3.55. The van der Waals surface area contributed by atoms with Gasteiger partial charge in [0.25, 0.3) is 0 Å². The van der Waals surface area contributed by atoms with E-state index in [-0.39, 0.29) is 0 Å². The van der Waals surface area contributed by atoms with Crippen LogP contribution in [0.2, 0.25) is 0 Å². The van der Waals surface area contributed by atoms with E-state index in [1.54, 1.807) is 0 Å². The summed E-state index contributed by atoms with van der Waals surface area (Å²) >= 11 is 0. The summed E-state index contributed by atoms with van der Waals surface area (Å²) in [4.78, 5) is 2.75. The average molecular weight is 238 g/mol. The predicted octanol–water partition coefficient (Wildman–Crippen LogP) is 2.89. The van der Waals surface area contributed by atoms with Crippen molar-refractivity contribution in [3.05, 3.63) is 0 Å². The van der Waals surface area contributed by atoms with Gasteiger partial charge in [-0.25, -0.2) is 0 Å². The van der Waals surface area contributed by atoms with Crippen LogP contribution in [-0.2, 0) is 0 Å². The molecule has 2 heterocycles. The van der Waals surface area contributed by atoms with Crippen LogP contribution in [0.3, 0.4) is 0 Å². The van der Waals surface area contributed by atoms with Crippen LogP contribution < -0.4 is 5.32 Å². The molecule has 0 bridgehead atoms. The zero-order valence-corrected chi connectivity index (χ0v) is 12.0. The van der Waals surface area contributed by atoms with Gasteiger partial charge in [-0.2, -0.15) is 0 Å². The first-order chi connectivity index (χ1) is 8.17. The molecule has 0 aromatic rings. The Morgan fingerprint density at radius 2 is 1.82 bits per heavy atom. The van der Waals surface area contributed by atoms with Gasteiger partial charge >= 0.3 is 0 Å². The number of likely N-dealkylation sites (tertiary alicyclic amines) is 1. The SMILES string of the molecule is CCC(CC)(CC)CN1CCC2(CCNC2)C1. The third-order valence-corrected chi connectivity index (χ3v) is 5.66. The number of rotatable bonds is 5. The largest absolute Gasteiger partial charge is 0.316 e. The van der Waals surface area contributed by atoms with Gasteiger partial charge in [0.1, 0.15) is 0 Å². The fraction of sp³-hybridized carbons (Fsp3) is 1.00. The molecule has 1 unspecified atom stereocenters. The van der Waals surface area contributed by atoms with E-state index >= 15 is 0 Å². The van der Waals surface area contributed by atoms with Crippen LogP contribution >= 0.6 is 0 Å². The molecule has 2 rings (SSSR count). The third kappa shape index (κ3) is 2.68. The van der Waals surface area contributed by atoms with Gasteiger partial charge < -0.3 is 10.2 Å². The normalized spacial score (nSPS) is 30.5. The van der Waals surface area contributed by atoms with Crippen LogP contribution in [0.25, 0.3) is 0 Å². The lowest BCUT2D eigenvalue weighted by atomic mass is 9.79. The molecule has 2 fully saturated rings. The van der Waals surface area contributed by atoms with Gasteiger partial charge in [0.05, 0.1) is 0 Å². The molecule has 2 nitrogen and oxygen atoms in total. The van der Waals surface area contributed by atoms with Gasteiger partial charge in [-0.3, -0.25) is 0 Å². The Morgan fingerprint density at radius 1 is 1.12 bits per heavy atom. The van der Waals surface area contributed by atoms with Gasteiger partial charge in [0, 0.05) is 19.6 Å². The maximum absolute atomic E-state index is 3.55. The molecule has 0 aromatic heterocycles. The van der Waals surface area contributed by atoms with Gasteiger partial charge in [0.2, 0.25) is 0 Å². The van der Waals surface area contributed by atoms with E-state index in [2.05, 4.69) is 31.0 Å². The molecule has 2 heteroatoms. The van der Waals surface area contributed by atoms with Gasteiger partial charge in [0.15, 0.2) is 0 Å². The van der Waals surface area contributed by atoms with Crippen molar-refractivity contribution >= 4 is 0 Å². The lowest BCUT2D eigenvalue weighted by Gasteiger charge is -2.35.